The molecule has 2 aromatic carbocycles. The number of anilines is 3. The summed E-state index contributed by atoms with van der Waals surface area (Å²) in [5, 5.41) is 9.35. The van der Waals surface area contributed by atoms with E-state index in [9.17, 15) is 9.59 Å². The van der Waals surface area contributed by atoms with Gasteiger partial charge in [0.05, 0.1) is 5.56 Å². The number of benzene rings is 2. The number of nitrogens with zero attached hydrogens (tertiary/aromatic N) is 2. The van der Waals surface area contributed by atoms with Gasteiger partial charge in [0.15, 0.2) is 0 Å². The molecule has 34 heavy (non-hydrogen) atoms. The second-order valence-electron chi connectivity index (χ2n) is 8.29. The third kappa shape index (κ3) is 5.58. The van der Waals surface area contributed by atoms with E-state index < -0.39 is 0 Å². The van der Waals surface area contributed by atoms with Gasteiger partial charge < -0.3 is 21.7 Å². The molecule has 5 N–H and O–H groups in total. The summed E-state index contributed by atoms with van der Waals surface area (Å²) in [5.74, 6) is 0.704. The van der Waals surface area contributed by atoms with Crippen LogP contribution < -0.4 is 21.7 Å². The van der Waals surface area contributed by atoms with Crippen LogP contribution in [0.2, 0.25) is 0 Å². The maximum Gasteiger partial charge on any atom is 0.255 e. The largest absolute Gasteiger partial charge is 0.383 e. The van der Waals surface area contributed by atoms with Crippen LogP contribution in [0.25, 0.3) is 11.1 Å². The zero-order chi connectivity index (χ0) is 23.9. The lowest BCUT2D eigenvalue weighted by molar-refractivity contribution is -0.117. The number of aromatic nitrogens is 2. The number of hydrogen-bond donors (Lipinski definition) is 4. The first-order chi connectivity index (χ1) is 16.5. The Morgan fingerprint density at radius 1 is 0.941 bits per heavy atom. The fraction of sp³-hybridized carbons (Fsp3) is 0.231. The molecular formula is C26H28N6O2. The summed E-state index contributed by atoms with van der Waals surface area (Å²) in [4.78, 5) is 32.7. The number of carbonyl (C=O) groups excluding carboxylic acids is 2. The van der Waals surface area contributed by atoms with Crippen LogP contribution in [0.1, 0.15) is 36.0 Å². The van der Waals surface area contributed by atoms with E-state index in [1.807, 2.05) is 42.5 Å². The lowest BCUT2D eigenvalue weighted by Gasteiger charge is -2.30. The van der Waals surface area contributed by atoms with E-state index in [-0.39, 0.29) is 23.9 Å². The van der Waals surface area contributed by atoms with Crippen molar-refractivity contribution in [2.75, 3.05) is 16.4 Å². The smallest absolute Gasteiger partial charge is 0.255 e. The average molecular weight is 457 g/mol. The summed E-state index contributed by atoms with van der Waals surface area (Å²) in [6, 6.07) is 16.9. The van der Waals surface area contributed by atoms with Gasteiger partial charge in [-0.1, -0.05) is 36.9 Å². The van der Waals surface area contributed by atoms with Crippen molar-refractivity contribution in [3.05, 3.63) is 79.1 Å². The third-order valence-corrected chi connectivity index (χ3v) is 5.94. The van der Waals surface area contributed by atoms with Crippen LogP contribution in [0.5, 0.6) is 0 Å². The Labute approximate surface area is 198 Å². The second-order valence-corrected chi connectivity index (χ2v) is 8.29. The monoisotopic (exact) mass is 456 g/mol. The van der Waals surface area contributed by atoms with Gasteiger partial charge in [0.1, 0.15) is 18.0 Å². The quantitative estimate of drug-likeness (QED) is 0.399. The Bertz CT molecular complexity index is 1160. The fourth-order valence-electron chi connectivity index (χ4n) is 4.14. The minimum absolute atomic E-state index is 0.136. The van der Waals surface area contributed by atoms with E-state index in [1.54, 1.807) is 12.1 Å². The number of nitrogen functional groups attached to an aromatic ring is 1. The molecule has 3 aromatic rings. The first-order valence-corrected chi connectivity index (χ1v) is 11.3. The van der Waals surface area contributed by atoms with E-state index in [0.717, 1.165) is 36.9 Å². The van der Waals surface area contributed by atoms with Gasteiger partial charge >= 0.3 is 0 Å². The number of hydrogen-bond acceptors (Lipinski definition) is 6. The number of amides is 2. The van der Waals surface area contributed by atoms with E-state index in [0.29, 0.717) is 22.8 Å². The van der Waals surface area contributed by atoms with Crippen LogP contribution >= 0.6 is 0 Å². The molecule has 0 unspecified atom stereocenters. The van der Waals surface area contributed by atoms with Crippen molar-refractivity contribution in [3.63, 3.8) is 0 Å². The van der Waals surface area contributed by atoms with Crippen molar-refractivity contribution < 1.29 is 9.59 Å². The SMILES string of the molecule is C=CC(=O)NC1CCC(Nc2ncnc(N)c2-c2ccc(C(=O)Nc3ccccc3)cc2)CC1. The molecule has 0 spiro atoms. The molecule has 1 fully saturated rings. The number of nitrogens with one attached hydrogen (secondary N) is 3. The Hall–Kier alpha value is -4.20. The fourth-order valence-corrected chi connectivity index (χ4v) is 4.14. The standard InChI is InChI=1S/C26H28N6O2/c1-2-22(33)30-20-12-14-21(15-13-20)31-25-23(24(27)28-16-29-25)17-8-10-18(11-9-17)26(34)32-19-6-4-3-5-7-19/h2-11,16,20-21H,1,12-15H2,(H,30,33)(H,32,34)(H3,27,28,29,31). The molecule has 8 nitrogen and oxygen atoms in total. The lowest BCUT2D eigenvalue weighted by Crippen LogP contribution is -2.39. The molecule has 8 heteroatoms. The zero-order valence-electron chi connectivity index (χ0n) is 18.8. The molecule has 1 aliphatic carbocycles. The predicted molar refractivity (Wildman–Crippen MR) is 134 cm³/mol. The molecule has 1 aromatic heterocycles. The first-order valence-electron chi connectivity index (χ1n) is 11.3. The molecule has 0 radical (unpaired) electrons. The highest BCUT2D eigenvalue weighted by molar-refractivity contribution is 6.04. The molecule has 2 amide bonds. The Balaban J connectivity index is 1.45. The summed E-state index contributed by atoms with van der Waals surface area (Å²) in [6.45, 7) is 3.50. The summed E-state index contributed by atoms with van der Waals surface area (Å²) >= 11 is 0. The van der Waals surface area contributed by atoms with Crippen molar-refractivity contribution in [1.82, 2.24) is 15.3 Å². The molecule has 4 rings (SSSR count). The van der Waals surface area contributed by atoms with Crippen LogP contribution in [-0.2, 0) is 4.79 Å². The topological polar surface area (TPSA) is 122 Å². The molecule has 0 saturated heterocycles. The van der Waals surface area contributed by atoms with Gasteiger partial charge in [0.2, 0.25) is 5.91 Å². The van der Waals surface area contributed by atoms with E-state index in [4.69, 9.17) is 5.73 Å². The average Bonchev–Trinajstić information content (AvgIpc) is 2.86. The van der Waals surface area contributed by atoms with Crippen LogP contribution in [0.4, 0.5) is 17.3 Å². The van der Waals surface area contributed by atoms with Gasteiger partial charge in [-0.2, -0.15) is 0 Å². The van der Waals surface area contributed by atoms with Crippen molar-refractivity contribution in [2.45, 2.75) is 37.8 Å². The molecule has 0 bridgehead atoms. The number of nitrogens with two attached hydrogens (primary N) is 1. The molecule has 1 aliphatic rings. The Morgan fingerprint density at radius 2 is 1.62 bits per heavy atom. The van der Waals surface area contributed by atoms with E-state index >= 15 is 0 Å². The maximum atomic E-state index is 12.6. The summed E-state index contributed by atoms with van der Waals surface area (Å²) < 4.78 is 0. The summed E-state index contributed by atoms with van der Waals surface area (Å²) in [6.07, 6.45) is 6.28. The van der Waals surface area contributed by atoms with Gasteiger partial charge in [0, 0.05) is 23.3 Å². The van der Waals surface area contributed by atoms with Crippen LogP contribution in [0, 0.1) is 0 Å². The summed E-state index contributed by atoms with van der Waals surface area (Å²) in [5.41, 5.74) is 9.03. The molecular weight excluding hydrogens is 428 g/mol. The number of carbonyl (C=O) groups is 2. The predicted octanol–water partition coefficient (Wildman–Crippen LogP) is 4.00. The zero-order valence-corrected chi connectivity index (χ0v) is 18.8. The van der Waals surface area contributed by atoms with Crippen LogP contribution in [0.15, 0.2) is 73.6 Å². The van der Waals surface area contributed by atoms with Crippen molar-refractivity contribution in [3.8, 4) is 11.1 Å². The number of rotatable bonds is 7. The van der Waals surface area contributed by atoms with Crippen LogP contribution in [-0.4, -0.2) is 33.9 Å². The van der Waals surface area contributed by atoms with Crippen LogP contribution in [0.3, 0.4) is 0 Å². The number of para-hydroxylation sites is 1. The van der Waals surface area contributed by atoms with Crippen molar-refractivity contribution >= 4 is 29.1 Å². The van der Waals surface area contributed by atoms with Gasteiger partial charge in [-0.25, -0.2) is 9.97 Å². The highest BCUT2D eigenvalue weighted by Crippen LogP contribution is 2.33. The van der Waals surface area contributed by atoms with Gasteiger partial charge in [-0.05, 0) is 61.6 Å². The third-order valence-electron chi connectivity index (χ3n) is 5.94. The van der Waals surface area contributed by atoms with Crippen molar-refractivity contribution in [1.29, 1.82) is 0 Å². The minimum Gasteiger partial charge on any atom is -0.383 e. The minimum atomic E-state index is -0.186. The van der Waals surface area contributed by atoms with Crippen molar-refractivity contribution in [2.24, 2.45) is 0 Å². The highest BCUT2D eigenvalue weighted by atomic mass is 16.2. The first kappa shape index (κ1) is 23.0. The second kappa shape index (κ2) is 10.6. The molecule has 1 saturated carbocycles. The molecule has 0 aliphatic heterocycles. The molecule has 174 valence electrons. The van der Waals surface area contributed by atoms with Gasteiger partial charge in [-0.3, -0.25) is 9.59 Å². The highest BCUT2D eigenvalue weighted by Gasteiger charge is 2.23. The van der Waals surface area contributed by atoms with Gasteiger partial charge in [-0.15, -0.1) is 0 Å². The Kier molecular flexibility index (Phi) is 7.17. The molecule has 1 heterocycles. The Morgan fingerprint density at radius 3 is 2.29 bits per heavy atom. The van der Waals surface area contributed by atoms with E-state index in [1.165, 1.54) is 12.4 Å². The molecule has 0 atom stereocenters. The van der Waals surface area contributed by atoms with E-state index in [2.05, 4.69) is 32.5 Å². The maximum absolute atomic E-state index is 12.6. The normalized spacial score (nSPS) is 17.4. The summed E-state index contributed by atoms with van der Waals surface area (Å²) in [7, 11) is 0. The van der Waals surface area contributed by atoms with Gasteiger partial charge in [0.25, 0.3) is 5.91 Å². The lowest BCUT2D eigenvalue weighted by atomic mass is 9.91.